The van der Waals surface area contributed by atoms with Crippen molar-refractivity contribution in [2.24, 2.45) is 0 Å². The number of nitrogens with one attached hydrogen (secondary N) is 2. The number of fused-ring (bicyclic) bond motifs is 1. The van der Waals surface area contributed by atoms with Crippen LogP contribution in [0.2, 0.25) is 0 Å². The van der Waals surface area contributed by atoms with Gasteiger partial charge in [-0.3, -0.25) is 0 Å². The first-order valence-electron chi connectivity index (χ1n) is 5.15. The van der Waals surface area contributed by atoms with E-state index >= 15 is 0 Å². The molecule has 0 spiro atoms. The van der Waals surface area contributed by atoms with Gasteiger partial charge in [0.1, 0.15) is 5.82 Å². The monoisotopic (exact) mass is 228 g/mol. The predicted octanol–water partition coefficient (Wildman–Crippen LogP) is 2.84. The van der Waals surface area contributed by atoms with Gasteiger partial charge in [-0.25, -0.2) is 9.97 Å². The number of aromatic nitrogens is 3. The normalized spacial score (nSPS) is 10.6. The molecular formula is C12H9FN4. The molecule has 17 heavy (non-hydrogen) atoms. The molecule has 2 aromatic heterocycles. The summed E-state index contributed by atoms with van der Waals surface area (Å²) in [5.41, 5.74) is 1.78. The Morgan fingerprint density at radius 3 is 2.71 bits per heavy atom. The van der Waals surface area contributed by atoms with E-state index in [9.17, 15) is 4.39 Å². The molecule has 0 aliphatic rings. The molecule has 0 fully saturated rings. The zero-order valence-corrected chi connectivity index (χ0v) is 8.81. The highest BCUT2D eigenvalue weighted by Gasteiger charge is 2.03. The molecule has 2 N–H and O–H groups in total. The summed E-state index contributed by atoms with van der Waals surface area (Å²) in [5.74, 6) is 0.444. The number of rotatable bonds is 2. The Hall–Kier alpha value is -2.43. The van der Waals surface area contributed by atoms with E-state index in [4.69, 9.17) is 0 Å². The minimum absolute atomic E-state index is 0.420. The molecular weight excluding hydrogens is 219 g/mol. The third kappa shape index (κ3) is 1.94. The van der Waals surface area contributed by atoms with Crippen molar-refractivity contribution in [3.8, 4) is 0 Å². The van der Waals surface area contributed by atoms with Crippen LogP contribution in [0.4, 0.5) is 16.2 Å². The second-order valence-corrected chi connectivity index (χ2v) is 3.57. The number of aromatic amines is 1. The van der Waals surface area contributed by atoms with E-state index in [2.05, 4.69) is 20.3 Å². The highest BCUT2D eigenvalue weighted by atomic mass is 19.1. The Morgan fingerprint density at radius 1 is 1.00 bits per heavy atom. The van der Waals surface area contributed by atoms with Crippen molar-refractivity contribution in [1.29, 1.82) is 0 Å². The summed E-state index contributed by atoms with van der Waals surface area (Å²) in [7, 11) is 0. The second kappa shape index (κ2) is 3.86. The van der Waals surface area contributed by atoms with Gasteiger partial charge in [-0.2, -0.15) is 4.39 Å². The lowest BCUT2D eigenvalue weighted by molar-refractivity contribution is 0.585. The second-order valence-electron chi connectivity index (χ2n) is 3.57. The van der Waals surface area contributed by atoms with Crippen LogP contribution in [0.15, 0.2) is 42.5 Å². The Kier molecular flexibility index (Phi) is 2.22. The van der Waals surface area contributed by atoms with Gasteiger partial charge in [0, 0.05) is 0 Å². The summed E-state index contributed by atoms with van der Waals surface area (Å²) in [6.45, 7) is 0. The fourth-order valence-electron chi connectivity index (χ4n) is 1.61. The molecule has 0 aliphatic carbocycles. The van der Waals surface area contributed by atoms with Gasteiger partial charge >= 0.3 is 0 Å². The maximum absolute atomic E-state index is 12.9. The van der Waals surface area contributed by atoms with Gasteiger partial charge in [0.05, 0.1) is 11.0 Å². The summed E-state index contributed by atoms with van der Waals surface area (Å²) >= 11 is 0. The van der Waals surface area contributed by atoms with Gasteiger partial charge in [0.15, 0.2) is 0 Å². The van der Waals surface area contributed by atoms with Crippen LogP contribution in [-0.2, 0) is 0 Å². The van der Waals surface area contributed by atoms with Crippen molar-refractivity contribution < 1.29 is 4.39 Å². The Labute approximate surface area is 96.5 Å². The largest absolute Gasteiger partial charge is 0.324 e. The fraction of sp³-hybridized carbons (Fsp3) is 0. The van der Waals surface area contributed by atoms with E-state index in [0.717, 1.165) is 11.0 Å². The number of H-pyrrole nitrogens is 1. The van der Waals surface area contributed by atoms with Crippen LogP contribution in [0.1, 0.15) is 0 Å². The smallest absolute Gasteiger partial charge is 0.214 e. The molecule has 1 aromatic carbocycles. The summed E-state index contributed by atoms with van der Waals surface area (Å²) in [6, 6.07) is 12.2. The van der Waals surface area contributed by atoms with Gasteiger partial charge in [-0.05, 0) is 24.3 Å². The molecule has 5 heteroatoms. The summed E-state index contributed by atoms with van der Waals surface area (Å²) in [6.07, 6.45) is 0. The minimum atomic E-state index is -0.522. The first-order chi connectivity index (χ1) is 8.31. The number of hydrogen-bond donors (Lipinski definition) is 2. The zero-order chi connectivity index (χ0) is 11.7. The number of imidazole rings is 1. The summed E-state index contributed by atoms with van der Waals surface area (Å²) < 4.78 is 12.9. The van der Waals surface area contributed by atoms with Crippen molar-refractivity contribution in [2.45, 2.75) is 0 Å². The molecule has 0 bridgehead atoms. The van der Waals surface area contributed by atoms with Gasteiger partial charge in [-0.1, -0.05) is 18.2 Å². The lowest BCUT2D eigenvalue weighted by Crippen LogP contribution is -1.96. The standard InChI is InChI=1S/C12H9FN4/c13-10-6-3-7-11(16-10)17-12-14-8-4-1-2-5-9(8)15-12/h1-7H,(H2,14,15,16,17). The van der Waals surface area contributed by atoms with Gasteiger partial charge < -0.3 is 10.3 Å². The van der Waals surface area contributed by atoms with Crippen molar-refractivity contribution in [3.63, 3.8) is 0 Å². The molecule has 84 valence electrons. The predicted molar refractivity (Wildman–Crippen MR) is 63.6 cm³/mol. The molecule has 0 unspecified atom stereocenters. The highest BCUT2D eigenvalue weighted by Crippen LogP contribution is 2.16. The van der Waals surface area contributed by atoms with Crippen LogP contribution in [0.25, 0.3) is 11.0 Å². The lowest BCUT2D eigenvalue weighted by atomic mass is 10.3. The van der Waals surface area contributed by atoms with Crippen LogP contribution in [0.5, 0.6) is 0 Å². The molecule has 0 amide bonds. The number of para-hydroxylation sites is 2. The van der Waals surface area contributed by atoms with E-state index < -0.39 is 5.95 Å². The topological polar surface area (TPSA) is 53.6 Å². The van der Waals surface area contributed by atoms with Crippen molar-refractivity contribution in [2.75, 3.05) is 5.32 Å². The van der Waals surface area contributed by atoms with Crippen LogP contribution in [0.3, 0.4) is 0 Å². The highest BCUT2D eigenvalue weighted by molar-refractivity contribution is 5.77. The molecule has 0 saturated heterocycles. The van der Waals surface area contributed by atoms with E-state index in [1.165, 1.54) is 6.07 Å². The quantitative estimate of drug-likeness (QED) is 0.663. The number of benzene rings is 1. The third-order valence-corrected chi connectivity index (χ3v) is 2.35. The first kappa shape index (κ1) is 9.77. The molecule has 3 rings (SSSR count). The molecule has 0 aliphatic heterocycles. The summed E-state index contributed by atoms with van der Waals surface area (Å²) in [4.78, 5) is 11.1. The van der Waals surface area contributed by atoms with Crippen LogP contribution in [0, 0.1) is 5.95 Å². The van der Waals surface area contributed by atoms with E-state index in [1.807, 2.05) is 24.3 Å². The van der Waals surface area contributed by atoms with Gasteiger partial charge in [-0.15, -0.1) is 0 Å². The number of pyridine rings is 1. The van der Waals surface area contributed by atoms with E-state index in [1.54, 1.807) is 12.1 Å². The average Bonchev–Trinajstić information content (AvgIpc) is 2.71. The molecule has 0 atom stereocenters. The molecule has 2 heterocycles. The minimum Gasteiger partial charge on any atom is -0.324 e. The first-order valence-corrected chi connectivity index (χ1v) is 5.15. The van der Waals surface area contributed by atoms with E-state index in [-0.39, 0.29) is 0 Å². The van der Waals surface area contributed by atoms with Crippen molar-refractivity contribution in [1.82, 2.24) is 15.0 Å². The van der Waals surface area contributed by atoms with Gasteiger partial charge in [0.25, 0.3) is 0 Å². The van der Waals surface area contributed by atoms with E-state index in [0.29, 0.717) is 11.8 Å². The van der Waals surface area contributed by atoms with Gasteiger partial charge in [0.2, 0.25) is 11.9 Å². The lowest BCUT2D eigenvalue weighted by Gasteiger charge is -2.00. The molecule has 3 aromatic rings. The third-order valence-electron chi connectivity index (χ3n) is 2.35. The SMILES string of the molecule is Fc1cccc(Nc2nc3ccccc3[nH]2)n1. The summed E-state index contributed by atoms with van der Waals surface area (Å²) in [5, 5.41) is 2.92. The van der Waals surface area contributed by atoms with Crippen LogP contribution >= 0.6 is 0 Å². The Balaban J connectivity index is 1.94. The van der Waals surface area contributed by atoms with Crippen LogP contribution in [-0.4, -0.2) is 15.0 Å². The average molecular weight is 228 g/mol. The fourth-order valence-corrected chi connectivity index (χ4v) is 1.61. The van der Waals surface area contributed by atoms with Crippen molar-refractivity contribution in [3.05, 3.63) is 48.4 Å². The molecule has 0 saturated carbocycles. The Morgan fingerprint density at radius 2 is 1.88 bits per heavy atom. The van der Waals surface area contributed by atoms with Crippen LogP contribution < -0.4 is 5.32 Å². The number of halogens is 1. The number of nitrogens with zero attached hydrogens (tertiary/aromatic N) is 2. The van der Waals surface area contributed by atoms with Crippen molar-refractivity contribution >= 4 is 22.8 Å². The number of anilines is 2. The Bertz CT molecular complexity index is 629. The molecule has 4 nitrogen and oxygen atoms in total. The molecule has 0 radical (unpaired) electrons. The number of hydrogen-bond acceptors (Lipinski definition) is 3. The zero-order valence-electron chi connectivity index (χ0n) is 8.81. The maximum Gasteiger partial charge on any atom is 0.214 e. The maximum atomic E-state index is 12.9.